The zero-order valence-electron chi connectivity index (χ0n) is 2.73. The maximum atomic E-state index is 2.36. The normalized spacial score (nSPS) is 28.8. The van der Waals surface area contributed by atoms with Crippen LogP contribution in [-0.4, -0.2) is 18.6 Å². The highest BCUT2D eigenvalue weighted by atomic mass is 31.1. The molecule has 1 aliphatic heterocycles. The van der Waals surface area contributed by atoms with E-state index in [9.17, 15) is 0 Å². The Morgan fingerprint density at radius 2 is 2.25 bits per heavy atom. The van der Waals surface area contributed by atoms with E-state index in [-0.39, 0.29) is 0 Å². The molecule has 0 saturated carbocycles. The zero-order valence-corrected chi connectivity index (χ0v) is 3.63. The van der Waals surface area contributed by atoms with E-state index < -0.39 is 0 Å². The Bertz CT molecular complexity index is 54.3. The first-order valence-electron chi connectivity index (χ1n) is 1.43. The molecule has 1 unspecified atom stereocenters. The second-order valence-electron chi connectivity index (χ2n) is 1.12. The molecule has 1 heteroatoms. The first kappa shape index (κ1) is 2.41. The molecule has 1 atom stereocenters. The van der Waals surface area contributed by atoms with Crippen LogP contribution in [0.25, 0.3) is 0 Å². The molecule has 4 heavy (non-hydrogen) atoms. The molecule has 0 bridgehead atoms. The van der Waals surface area contributed by atoms with E-state index in [4.69, 9.17) is 0 Å². The molecular weight excluding hydrogens is 67.0 g/mol. The number of rotatable bonds is 0. The summed E-state index contributed by atoms with van der Waals surface area (Å²) >= 11 is 0. The summed E-state index contributed by atoms with van der Waals surface area (Å²) in [5.74, 6) is 2.36. The van der Waals surface area contributed by atoms with E-state index >= 15 is 0 Å². The summed E-state index contributed by atoms with van der Waals surface area (Å²) in [7, 11) is 0.505. The summed E-state index contributed by atoms with van der Waals surface area (Å²) in [4.78, 5) is 0. The summed E-state index contributed by atoms with van der Waals surface area (Å²) in [6.45, 7) is 2.29. The van der Waals surface area contributed by atoms with Crippen molar-refractivity contribution in [2.24, 2.45) is 0 Å². The highest BCUT2D eigenvalue weighted by molar-refractivity contribution is 7.67. The third-order valence-corrected chi connectivity index (χ3v) is 1.64. The van der Waals surface area contributed by atoms with Gasteiger partial charge in [0.05, 0.1) is 14.2 Å². The minimum atomic E-state index is 0.505. The molecule has 1 rings (SSSR count). The van der Waals surface area contributed by atoms with Crippen LogP contribution < -0.4 is 0 Å². The Morgan fingerprint density at radius 3 is 2.25 bits per heavy atom. The van der Waals surface area contributed by atoms with Gasteiger partial charge in [0.15, 0.2) is 6.16 Å². The predicted octanol–water partition coefficient (Wildman–Crippen LogP) is 0.914. The van der Waals surface area contributed by atoms with Gasteiger partial charge in [0.25, 0.3) is 0 Å². The largest absolute Gasteiger partial charge is 0.162 e. The van der Waals surface area contributed by atoms with Crippen molar-refractivity contribution in [2.45, 2.75) is 0 Å². The SMILES string of the molecule is C[P+]1=CC1. The molecule has 0 radical (unpaired) electrons. The van der Waals surface area contributed by atoms with Crippen LogP contribution in [0.3, 0.4) is 0 Å². The highest BCUT2D eigenvalue weighted by Crippen LogP contribution is 2.26. The van der Waals surface area contributed by atoms with Crippen molar-refractivity contribution in [1.82, 2.24) is 0 Å². The van der Waals surface area contributed by atoms with Gasteiger partial charge in [-0.25, -0.2) is 0 Å². The second kappa shape index (κ2) is 0.558. The Hall–Kier alpha value is 0.170. The van der Waals surface area contributed by atoms with Gasteiger partial charge in [0.1, 0.15) is 5.80 Å². The van der Waals surface area contributed by atoms with Gasteiger partial charge >= 0.3 is 0 Å². The predicted molar refractivity (Wildman–Crippen MR) is 23.8 cm³/mol. The van der Waals surface area contributed by atoms with Crippen LogP contribution in [0.2, 0.25) is 0 Å². The molecule has 0 amide bonds. The molecule has 0 aromatic heterocycles. The fourth-order valence-corrected chi connectivity index (χ4v) is 0.735. The summed E-state index contributed by atoms with van der Waals surface area (Å²) in [6.07, 6.45) is 1.43. The maximum absolute atomic E-state index is 2.36. The van der Waals surface area contributed by atoms with Crippen molar-refractivity contribution < 1.29 is 0 Å². The third-order valence-electron chi connectivity index (χ3n) is 0.548. The molecule has 1 heterocycles. The fourth-order valence-electron chi connectivity index (χ4n) is 0.0816. The highest BCUT2D eigenvalue weighted by Gasteiger charge is 2.12. The first-order chi connectivity index (χ1) is 1.89. The van der Waals surface area contributed by atoms with Crippen LogP contribution in [0.4, 0.5) is 0 Å². The van der Waals surface area contributed by atoms with Gasteiger partial charge < -0.3 is 0 Å². The lowest BCUT2D eigenvalue weighted by Gasteiger charge is -1.30. The molecular formula is C3H6P+. The topological polar surface area (TPSA) is 0 Å². The maximum Gasteiger partial charge on any atom is 0.162 e. The summed E-state index contributed by atoms with van der Waals surface area (Å²) in [5, 5.41) is 0. The van der Waals surface area contributed by atoms with Crippen LogP contribution in [0.5, 0.6) is 0 Å². The first-order valence-corrected chi connectivity index (χ1v) is 3.47. The van der Waals surface area contributed by atoms with Crippen LogP contribution in [0.1, 0.15) is 0 Å². The number of hydrogen-bond donors (Lipinski definition) is 0. The minimum Gasteiger partial charge on any atom is 0.0963 e. The van der Waals surface area contributed by atoms with Gasteiger partial charge in [-0.15, -0.1) is 0 Å². The minimum absolute atomic E-state index is 0.505. The van der Waals surface area contributed by atoms with Gasteiger partial charge in [-0.1, -0.05) is 0 Å². The molecule has 0 fully saturated rings. The third kappa shape index (κ3) is 0.296. The Balaban J connectivity index is 2.54. The lowest BCUT2D eigenvalue weighted by molar-refractivity contribution is 2.19. The molecule has 0 N–H and O–H groups in total. The van der Waals surface area contributed by atoms with Crippen molar-refractivity contribution in [3.8, 4) is 0 Å². The standard InChI is InChI=1S/C3H6P/c1-4-2-3-4/h2H,3H2,1H3/q+1. The molecule has 0 aromatic carbocycles. The van der Waals surface area contributed by atoms with Crippen LogP contribution in [0.15, 0.2) is 0 Å². The Kier molecular flexibility index (Phi) is 0.336. The van der Waals surface area contributed by atoms with Crippen LogP contribution >= 0.6 is 7.55 Å². The van der Waals surface area contributed by atoms with Crippen molar-refractivity contribution >= 4 is 13.3 Å². The van der Waals surface area contributed by atoms with Gasteiger partial charge in [0, 0.05) is 0 Å². The average Bonchev–Trinajstić information content (AvgIpc) is 1.75. The summed E-state index contributed by atoms with van der Waals surface area (Å²) in [6, 6.07) is 0. The van der Waals surface area contributed by atoms with E-state index in [1.165, 1.54) is 6.16 Å². The number of hydrogen-bond acceptors (Lipinski definition) is 0. The van der Waals surface area contributed by atoms with Gasteiger partial charge in [-0.2, -0.15) is 0 Å². The molecule has 0 aliphatic carbocycles. The molecule has 0 nitrogen and oxygen atoms in total. The van der Waals surface area contributed by atoms with E-state index in [1.807, 2.05) is 0 Å². The van der Waals surface area contributed by atoms with Crippen LogP contribution in [-0.2, 0) is 0 Å². The van der Waals surface area contributed by atoms with E-state index in [0.29, 0.717) is 7.55 Å². The van der Waals surface area contributed by atoms with Gasteiger partial charge in [-0.05, 0) is 0 Å². The fraction of sp³-hybridized carbons (Fsp3) is 0.667. The lowest BCUT2D eigenvalue weighted by atomic mass is 11.0. The van der Waals surface area contributed by atoms with Gasteiger partial charge in [0.2, 0.25) is 0 Å². The van der Waals surface area contributed by atoms with Crippen molar-refractivity contribution in [2.75, 3.05) is 12.8 Å². The van der Waals surface area contributed by atoms with Crippen molar-refractivity contribution in [3.05, 3.63) is 0 Å². The monoisotopic (exact) mass is 73.0 g/mol. The quantitative estimate of drug-likeness (QED) is 0.374. The molecule has 0 spiro atoms. The van der Waals surface area contributed by atoms with Crippen molar-refractivity contribution in [3.63, 3.8) is 0 Å². The zero-order chi connectivity index (χ0) is 2.99. The Labute approximate surface area is 27.2 Å². The molecule has 22 valence electrons. The molecule has 0 saturated heterocycles. The second-order valence-corrected chi connectivity index (χ2v) is 3.37. The Morgan fingerprint density at radius 1 is 2.00 bits per heavy atom. The lowest BCUT2D eigenvalue weighted by Crippen LogP contribution is -1.30. The van der Waals surface area contributed by atoms with Crippen molar-refractivity contribution in [1.29, 1.82) is 0 Å². The van der Waals surface area contributed by atoms with Gasteiger partial charge in [-0.3, -0.25) is 0 Å². The van der Waals surface area contributed by atoms with E-state index in [1.54, 1.807) is 0 Å². The van der Waals surface area contributed by atoms with E-state index in [2.05, 4.69) is 12.5 Å². The average molecular weight is 73.1 g/mol. The van der Waals surface area contributed by atoms with Crippen LogP contribution in [0, 0.1) is 0 Å². The summed E-state index contributed by atoms with van der Waals surface area (Å²) < 4.78 is 0. The molecule has 1 aliphatic rings. The van der Waals surface area contributed by atoms with E-state index in [0.717, 1.165) is 0 Å². The molecule has 0 aromatic rings. The smallest absolute Gasteiger partial charge is 0.0963 e. The summed E-state index contributed by atoms with van der Waals surface area (Å²) in [5.41, 5.74) is 0.